The zero-order valence-electron chi connectivity index (χ0n) is 10.9. The summed E-state index contributed by atoms with van der Waals surface area (Å²) in [5.74, 6) is 0. The second-order valence-corrected chi connectivity index (χ2v) is 4.91. The van der Waals surface area contributed by atoms with E-state index in [2.05, 4.69) is 26.1 Å². The first-order valence-electron chi connectivity index (χ1n) is 6.24. The molecule has 1 rings (SSSR count). The molecule has 0 amide bonds. The summed E-state index contributed by atoms with van der Waals surface area (Å²) in [6.07, 6.45) is 1.14. The largest absolute Gasteiger partial charge is 0.372 e. The average Bonchev–Trinajstić information content (AvgIpc) is 2.30. The summed E-state index contributed by atoms with van der Waals surface area (Å²) in [7, 11) is 0. The van der Waals surface area contributed by atoms with Crippen LogP contribution in [0.2, 0.25) is 5.02 Å². The second-order valence-electron chi connectivity index (χ2n) is 4.47. The fraction of sp³-hybridized carbons (Fsp3) is 0.571. The third-order valence-electron chi connectivity index (χ3n) is 2.48. The maximum Gasteiger partial charge on any atom is 0.0949 e. The van der Waals surface area contributed by atoms with Gasteiger partial charge in [0.05, 0.1) is 6.10 Å². The molecule has 96 valence electrons. The van der Waals surface area contributed by atoms with Crippen LogP contribution in [0.25, 0.3) is 0 Å². The van der Waals surface area contributed by atoms with E-state index in [1.165, 1.54) is 5.56 Å². The molecule has 2 nitrogen and oxygen atoms in total. The third-order valence-corrected chi connectivity index (χ3v) is 2.73. The van der Waals surface area contributed by atoms with Gasteiger partial charge in [-0.3, -0.25) is 0 Å². The molecular weight excluding hydrogens is 234 g/mol. The Bertz CT molecular complexity index is 311. The van der Waals surface area contributed by atoms with Crippen LogP contribution in [0.3, 0.4) is 0 Å². The highest BCUT2D eigenvalue weighted by Gasteiger charge is 2.11. The summed E-state index contributed by atoms with van der Waals surface area (Å²) in [4.78, 5) is 0. The van der Waals surface area contributed by atoms with Crippen molar-refractivity contribution < 1.29 is 4.74 Å². The van der Waals surface area contributed by atoms with Crippen molar-refractivity contribution in [3.63, 3.8) is 0 Å². The van der Waals surface area contributed by atoms with Crippen molar-refractivity contribution in [1.29, 1.82) is 0 Å². The van der Waals surface area contributed by atoms with Crippen molar-refractivity contribution in [2.24, 2.45) is 0 Å². The lowest BCUT2D eigenvalue weighted by Gasteiger charge is -2.20. The van der Waals surface area contributed by atoms with Crippen LogP contribution in [-0.2, 0) is 4.74 Å². The zero-order chi connectivity index (χ0) is 12.7. The number of rotatable bonds is 7. The van der Waals surface area contributed by atoms with Gasteiger partial charge in [-0.25, -0.2) is 0 Å². The molecule has 0 aliphatic carbocycles. The van der Waals surface area contributed by atoms with Crippen LogP contribution in [0.15, 0.2) is 24.3 Å². The summed E-state index contributed by atoms with van der Waals surface area (Å²) in [6.45, 7) is 8.01. The molecule has 1 aromatic carbocycles. The summed E-state index contributed by atoms with van der Waals surface area (Å²) in [6, 6.07) is 8.35. The molecule has 1 aromatic rings. The minimum Gasteiger partial charge on any atom is -0.372 e. The molecule has 3 heteroatoms. The number of hydrogen-bond acceptors (Lipinski definition) is 2. The maximum atomic E-state index is 5.89. The molecule has 1 N–H and O–H groups in total. The first kappa shape index (κ1) is 14.5. The van der Waals surface area contributed by atoms with Crippen LogP contribution in [0.5, 0.6) is 0 Å². The van der Waals surface area contributed by atoms with E-state index in [1.54, 1.807) is 0 Å². The van der Waals surface area contributed by atoms with Gasteiger partial charge in [0.15, 0.2) is 0 Å². The van der Waals surface area contributed by atoms with Gasteiger partial charge < -0.3 is 10.1 Å². The van der Waals surface area contributed by atoms with Gasteiger partial charge in [-0.1, -0.05) is 44.5 Å². The molecule has 0 saturated carbocycles. The van der Waals surface area contributed by atoms with Gasteiger partial charge in [0, 0.05) is 24.2 Å². The lowest BCUT2D eigenvalue weighted by atomic mass is 10.1. The Kier molecular flexibility index (Phi) is 6.56. The maximum absolute atomic E-state index is 5.89. The van der Waals surface area contributed by atoms with Gasteiger partial charge in [-0.2, -0.15) is 0 Å². The molecule has 0 saturated heterocycles. The van der Waals surface area contributed by atoms with Gasteiger partial charge in [0.2, 0.25) is 0 Å². The van der Waals surface area contributed by atoms with Crippen LogP contribution in [0.4, 0.5) is 0 Å². The minimum atomic E-state index is 0.106. The molecule has 1 atom stereocenters. The van der Waals surface area contributed by atoms with E-state index in [0.717, 1.165) is 24.6 Å². The molecule has 0 fully saturated rings. The van der Waals surface area contributed by atoms with E-state index in [1.807, 2.05) is 24.3 Å². The minimum absolute atomic E-state index is 0.106. The van der Waals surface area contributed by atoms with Gasteiger partial charge >= 0.3 is 0 Å². The predicted octanol–water partition coefficient (Wildman–Crippen LogP) is 3.81. The van der Waals surface area contributed by atoms with Crippen molar-refractivity contribution in [2.75, 3.05) is 13.2 Å². The molecule has 0 heterocycles. The number of ether oxygens (including phenoxy) is 1. The van der Waals surface area contributed by atoms with E-state index in [4.69, 9.17) is 16.3 Å². The highest BCUT2D eigenvalue weighted by Crippen LogP contribution is 2.19. The summed E-state index contributed by atoms with van der Waals surface area (Å²) >= 11 is 5.89. The van der Waals surface area contributed by atoms with E-state index in [9.17, 15) is 0 Å². The zero-order valence-corrected chi connectivity index (χ0v) is 11.6. The van der Waals surface area contributed by atoms with Crippen LogP contribution < -0.4 is 5.32 Å². The van der Waals surface area contributed by atoms with Gasteiger partial charge in [0.25, 0.3) is 0 Å². The van der Waals surface area contributed by atoms with Crippen LogP contribution in [0.1, 0.15) is 38.9 Å². The normalized spacial score (nSPS) is 13.0. The Morgan fingerprint density at radius 2 is 1.88 bits per heavy atom. The molecule has 0 aliphatic rings. The smallest absolute Gasteiger partial charge is 0.0949 e. The van der Waals surface area contributed by atoms with Gasteiger partial charge in [-0.15, -0.1) is 0 Å². The Morgan fingerprint density at radius 3 is 2.41 bits per heavy atom. The molecular formula is C14H22ClNO. The van der Waals surface area contributed by atoms with Gasteiger partial charge in [0.1, 0.15) is 0 Å². The summed E-state index contributed by atoms with van der Waals surface area (Å²) in [5, 5.41) is 4.17. The second kappa shape index (κ2) is 7.70. The Morgan fingerprint density at radius 1 is 1.24 bits per heavy atom. The lowest BCUT2D eigenvalue weighted by Crippen LogP contribution is -2.29. The number of hydrogen-bond donors (Lipinski definition) is 1. The summed E-state index contributed by atoms with van der Waals surface area (Å²) < 4.78 is 5.86. The molecule has 0 aromatic heterocycles. The summed E-state index contributed by atoms with van der Waals surface area (Å²) in [5.41, 5.74) is 1.18. The first-order chi connectivity index (χ1) is 8.13. The van der Waals surface area contributed by atoms with E-state index >= 15 is 0 Å². The molecule has 0 aliphatic heterocycles. The fourth-order valence-electron chi connectivity index (χ4n) is 1.55. The molecule has 0 radical (unpaired) electrons. The Labute approximate surface area is 109 Å². The number of nitrogens with one attached hydrogen (secondary N) is 1. The van der Waals surface area contributed by atoms with Crippen LogP contribution in [-0.4, -0.2) is 19.2 Å². The topological polar surface area (TPSA) is 21.3 Å². The molecule has 1 unspecified atom stereocenters. The standard InChI is InChI=1S/C14H22ClNO/c1-4-9-17-14(10-16-11(2)3)12-5-7-13(15)8-6-12/h5-8,11,14,16H,4,9-10H2,1-3H3. The molecule has 17 heavy (non-hydrogen) atoms. The van der Waals surface area contributed by atoms with Crippen molar-refractivity contribution in [2.45, 2.75) is 39.3 Å². The van der Waals surface area contributed by atoms with Crippen molar-refractivity contribution >= 4 is 11.6 Å². The van der Waals surface area contributed by atoms with E-state index in [-0.39, 0.29) is 6.10 Å². The van der Waals surface area contributed by atoms with Gasteiger partial charge in [-0.05, 0) is 24.1 Å². The van der Waals surface area contributed by atoms with Crippen LogP contribution >= 0.6 is 11.6 Å². The predicted molar refractivity (Wildman–Crippen MR) is 73.6 cm³/mol. The van der Waals surface area contributed by atoms with Crippen LogP contribution in [0, 0.1) is 0 Å². The first-order valence-corrected chi connectivity index (χ1v) is 6.61. The van der Waals surface area contributed by atoms with E-state index in [0.29, 0.717) is 6.04 Å². The number of benzene rings is 1. The lowest BCUT2D eigenvalue weighted by molar-refractivity contribution is 0.0517. The average molecular weight is 256 g/mol. The highest BCUT2D eigenvalue weighted by atomic mass is 35.5. The third kappa shape index (κ3) is 5.53. The van der Waals surface area contributed by atoms with Crippen molar-refractivity contribution in [1.82, 2.24) is 5.32 Å². The van der Waals surface area contributed by atoms with E-state index < -0.39 is 0 Å². The van der Waals surface area contributed by atoms with Crippen molar-refractivity contribution in [3.05, 3.63) is 34.9 Å². The Hall–Kier alpha value is -0.570. The monoisotopic (exact) mass is 255 g/mol. The quantitative estimate of drug-likeness (QED) is 0.800. The Balaban J connectivity index is 2.63. The molecule has 0 spiro atoms. The SMILES string of the molecule is CCCOC(CNC(C)C)c1ccc(Cl)cc1. The number of halogens is 1. The van der Waals surface area contributed by atoms with Crippen molar-refractivity contribution in [3.8, 4) is 0 Å². The fourth-order valence-corrected chi connectivity index (χ4v) is 1.68. The molecule has 0 bridgehead atoms. The highest BCUT2D eigenvalue weighted by molar-refractivity contribution is 6.30.